The number of carboxylic acid groups (broad SMARTS) is 1. The molecule has 90 valence electrons. The van der Waals surface area contributed by atoms with Crippen molar-refractivity contribution < 1.29 is 9.90 Å². The van der Waals surface area contributed by atoms with Crippen molar-refractivity contribution in [2.75, 3.05) is 0 Å². The van der Waals surface area contributed by atoms with E-state index in [1.54, 1.807) is 0 Å². The lowest BCUT2D eigenvalue weighted by Gasteiger charge is -2.38. The Kier molecular flexibility index (Phi) is 3.61. The molecule has 0 spiro atoms. The van der Waals surface area contributed by atoms with Crippen molar-refractivity contribution in [2.45, 2.75) is 41.0 Å². The summed E-state index contributed by atoms with van der Waals surface area (Å²) in [6.07, 6.45) is 5.07. The van der Waals surface area contributed by atoms with Crippen LogP contribution in [-0.2, 0) is 4.79 Å². The molecule has 0 saturated carbocycles. The average molecular weight is 222 g/mol. The predicted octanol–water partition coefficient (Wildman–Crippen LogP) is 3.65. The molecule has 0 aliphatic heterocycles. The van der Waals surface area contributed by atoms with Gasteiger partial charge in [0, 0.05) is 0 Å². The van der Waals surface area contributed by atoms with Crippen LogP contribution in [-0.4, -0.2) is 11.1 Å². The van der Waals surface area contributed by atoms with Gasteiger partial charge in [-0.25, -0.2) is 0 Å². The molecular formula is C14H22O2. The van der Waals surface area contributed by atoms with Gasteiger partial charge >= 0.3 is 5.97 Å². The van der Waals surface area contributed by atoms with Crippen LogP contribution in [0, 0.1) is 17.3 Å². The maximum atomic E-state index is 11.4. The van der Waals surface area contributed by atoms with Gasteiger partial charge in [-0.2, -0.15) is 0 Å². The van der Waals surface area contributed by atoms with E-state index in [1.807, 2.05) is 20.8 Å². The molecule has 1 N–H and O–H groups in total. The van der Waals surface area contributed by atoms with E-state index in [0.717, 1.165) is 0 Å². The van der Waals surface area contributed by atoms with E-state index < -0.39 is 11.4 Å². The van der Waals surface area contributed by atoms with E-state index in [4.69, 9.17) is 0 Å². The van der Waals surface area contributed by atoms with E-state index in [9.17, 15) is 9.90 Å². The third-order valence-corrected chi connectivity index (χ3v) is 3.81. The highest BCUT2D eigenvalue weighted by Gasteiger charge is 2.43. The average Bonchev–Trinajstić information content (AvgIpc) is 2.12. The zero-order valence-electron chi connectivity index (χ0n) is 10.9. The first-order valence-corrected chi connectivity index (χ1v) is 5.84. The summed E-state index contributed by atoms with van der Waals surface area (Å²) >= 11 is 0. The second kappa shape index (κ2) is 4.44. The van der Waals surface area contributed by atoms with Gasteiger partial charge in [0.15, 0.2) is 0 Å². The van der Waals surface area contributed by atoms with E-state index in [-0.39, 0.29) is 11.8 Å². The number of hydrogen-bond acceptors (Lipinski definition) is 1. The lowest BCUT2D eigenvalue weighted by atomic mass is 9.65. The van der Waals surface area contributed by atoms with Crippen LogP contribution in [0.2, 0.25) is 0 Å². The van der Waals surface area contributed by atoms with Crippen LogP contribution in [0.15, 0.2) is 23.3 Å². The molecule has 2 heteroatoms. The summed E-state index contributed by atoms with van der Waals surface area (Å²) in [5.41, 5.74) is 1.81. The second-order valence-corrected chi connectivity index (χ2v) is 5.47. The first-order valence-electron chi connectivity index (χ1n) is 5.84. The molecular weight excluding hydrogens is 200 g/mol. The van der Waals surface area contributed by atoms with Gasteiger partial charge in [-0.1, -0.05) is 30.2 Å². The van der Waals surface area contributed by atoms with Crippen LogP contribution < -0.4 is 0 Å². The molecule has 0 bridgehead atoms. The highest BCUT2D eigenvalue weighted by atomic mass is 16.4. The summed E-state index contributed by atoms with van der Waals surface area (Å²) in [4.78, 5) is 11.4. The third kappa shape index (κ3) is 2.37. The molecule has 0 radical (unpaired) electrons. The SMILES string of the molecule is CC(C)=CC1C=C(C)C(C)[C@@](C)(C(=O)O)C1. The minimum atomic E-state index is -0.681. The number of aliphatic carboxylic acids is 1. The Bertz CT molecular complexity index is 348. The molecule has 1 aliphatic rings. The van der Waals surface area contributed by atoms with Gasteiger partial charge in [0.05, 0.1) is 5.41 Å². The molecule has 0 fully saturated rings. The van der Waals surface area contributed by atoms with Crippen LogP contribution in [0.4, 0.5) is 0 Å². The Morgan fingerprint density at radius 2 is 2.12 bits per heavy atom. The van der Waals surface area contributed by atoms with Crippen molar-refractivity contribution in [3.63, 3.8) is 0 Å². The Hall–Kier alpha value is -1.05. The minimum absolute atomic E-state index is 0.117. The van der Waals surface area contributed by atoms with Crippen molar-refractivity contribution in [3.8, 4) is 0 Å². The molecule has 0 saturated heterocycles. The van der Waals surface area contributed by atoms with Gasteiger partial charge in [-0.15, -0.1) is 0 Å². The van der Waals surface area contributed by atoms with Crippen LogP contribution in [0.1, 0.15) is 41.0 Å². The summed E-state index contributed by atoms with van der Waals surface area (Å²) in [6, 6.07) is 0. The van der Waals surface area contributed by atoms with Crippen molar-refractivity contribution in [1.82, 2.24) is 0 Å². The van der Waals surface area contributed by atoms with E-state index in [0.29, 0.717) is 6.42 Å². The topological polar surface area (TPSA) is 37.3 Å². The fourth-order valence-electron chi connectivity index (χ4n) is 2.52. The van der Waals surface area contributed by atoms with Crippen LogP contribution in [0.5, 0.6) is 0 Å². The molecule has 0 aromatic rings. The molecule has 0 aromatic carbocycles. The first-order chi connectivity index (χ1) is 7.27. The van der Waals surface area contributed by atoms with E-state index in [2.05, 4.69) is 26.0 Å². The molecule has 1 rings (SSSR count). The summed E-state index contributed by atoms with van der Waals surface area (Å²) in [6.45, 7) is 10.0. The van der Waals surface area contributed by atoms with Crippen molar-refractivity contribution in [1.29, 1.82) is 0 Å². The molecule has 1 aliphatic carbocycles. The molecule has 0 aromatic heterocycles. The van der Waals surface area contributed by atoms with Crippen LogP contribution in [0.3, 0.4) is 0 Å². The maximum Gasteiger partial charge on any atom is 0.309 e. The minimum Gasteiger partial charge on any atom is -0.481 e. The fourth-order valence-corrected chi connectivity index (χ4v) is 2.52. The molecule has 3 atom stereocenters. The monoisotopic (exact) mass is 222 g/mol. The first kappa shape index (κ1) is 13.0. The molecule has 2 nitrogen and oxygen atoms in total. The number of carboxylic acids is 1. The fraction of sp³-hybridized carbons (Fsp3) is 0.643. The molecule has 0 heterocycles. The predicted molar refractivity (Wildman–Crippen MR) is 66.2 cm³/mol. The maximum absolute atomic E-state index is 11.4. The van der Waals surface area contributed by atoms with Gasteiger partial charge in [-0.05, 0) is 46.0 Å². The van der Waals surface area contributed by atoms with Crippen LogP contribution in [0.25, 0.3) is 0 Å². The van der Waals surface area contributed by atoms with Crippen LogP contribution >= 0.6 is 0 Å². The molecule has 2 unspecified atom stereocenters. The number of hydrogen-bond donors (Lipinski definition) is 1. The molecule has 0 amide bonds. The Morgan fingerprint density at radius 3 is 2.56 bits per heavy atom. The van der Waals surface area contributed by atoms with Gasteiger partial charge in [0.2, 0.25) is 0 Å². The lowest BCUT2D eigenvalue weighted by Crippen LogP contribution is -2.39. The number of rotatable bonds is 2. The zero-order valence-corrected chi connectivity index (χ0v) is 10.9. The molecule has 16 heavy (non-hydrogen) atoms. The van der Waals surface area contributed by atoms with Gasteiger partial charge in [-0.3, -0.25) is 4.79 Å². The Balaban J connectivity index is 3.07. The second-order valence-electron chi connectivity index (χ2n) is 5.47. The van der Waals surface area contributed by atoms with E-state index >= 15 is 0 Å². The highest BCUT2D eigenvalue weighted by Crippen LogP contribution is 2.44. The van der Waals surface area contributed by atoms with E-state index in [1.165, 1.54) is 11.1 Å². The van der Waals surface area contributed by atoms with Gasteiger partial charge in [0.25, 0.3) is 0 Å². The normalized spacial score (nSPS) is 34.2. The quantitative estimate of drug-likeness (QED) is 0.724. The zero-order chi connectivity index (χ0) is 12.5. The van der Waals surface area contributed by atoms with Gasteiger partial charge < -0.3 is 5.11 Å². The Labute approximate surface area is 98.1 Å². The van der Waals surface area contributed by atoms with Crippen molar-refractivity contribution in [2.24, 2.45) is 17.3 Å². The smallest absolute Gasteiger partial charge is 0.309 e. The van der Waals surface area contributed by atoms with Crippen molar-refractivity contribution in [3.05, 3.63) is 23.3 Å². The summed E-state index contributed by atoms with van der Waals surface area (Å²) < 4.78 is 0. The van der Waals surface area contributed by atoms with Crippen molar-refractivity contribution >= 4 is 5.97 Å². The highest BCUT2D eigenvalue weighted by molar-refractivity contribution is 5.75. The number of carbonyl (C=O) groups is 1. The number of allylic oxidation sites excluding steroid dienone is 4. The largest absolute Gasteiger partial charge is 0.481 e. The summed E-state index contributed by atoms with van der Waals surface area (Å²) in [5, 5.41) is 9.39. The lowest BCUT2D eigenvalue weighted by molar-refractivity contribution is -0.151. The summed E-state index contributed by atoms with van der Waals surface area (Å²) in [5.74, 6) is -0.297. The summed E-state index contributed by atoms with van der Waals surface area (Å²) in [7, 11) is 0. The van der Waals surface area contributed by atoms with Gasteiger partial charge in [0.1, 0.15) is 0 Å². The standard InChI is InChI=1S/C14H22O2/c1-9(2)6-12-7-10(3)11(4)14(5,8-12)13(15)16/h6-7,11-12H,8H2,1-5H3,(H,15,16)/t11?,12?,14-/m0/s1. The Morgan fingerprint density at radius 1 is 1.56 bits per heavy atom. The third-order valence-electron chi connectivity index (χ3n) is 3.81.